The van der Waals surface area contributed by atoms with Gasteiger partial charge in [-0.25, -0.2) is 4.98 Å². The van der Waals surface area contributed by atoms with Crippen LogP contribution in [-0.2, 0) is 9.53 Å². The second kappa shape index (κ2) is 9.58. The minimum absolute atomic E-state index is 0.149. The van der Waals surface area contributed by atoms with E-state index in [4.69, 9.17) is 4.74 Å². The van der Waals surface area contributed by atoms with Gasteiger partial charge in [0.05, 0.1) is 5.56 Å². The van der Waals surface area contributed by atoms with E-state index < -0.39 is 0 Å². The first kappa shape index (κ1) is 20.2. The number of carbonyl (C=O) groups excluding carboxylic acids is 1. The maximum atomic E-state index is 13.3. The van der Waals surface area contributed by atoms with Crippen LogP contribution in [0.25, 0.3) is 0 Å². The minimum Gasteiger partial charge on any atom is -0.381 e. The molecule has 3 aliphatic rings. The van der Waals surface area contributed by atoms with Crippen molar-refractivity contribution >= 4 is 11.7 Å². The molecule has 0 N–H and O–H groups in total. The zero-order valence-corrected chi connectivity index (χ0v) is 17.3. The predicted molar refractivity (Wildman–Crippen MR) is 111 cm³/mol. The van der Waals surface area contributed by atoms with Gasteiger partial charge in [-0.15, -0.1) is 0 Å². The van der Waals surface area contributed by atoms with Crippen molar-refractivity contribution in [1.29, 1.82) is 5.26 Å². The monoisotopic (exact) mass is 396 g/mol. The number of nitriles is 1. The lowest BCUT2D eigenvalue weighted by Gasteiger charge is -2.42. The molecule has 1 aromatic heterocycles. The number of aromatic nitrogens is 1. The molecular weight excluding hydrogens is 364 g/mol. The number of amides is 1. The Bertz CT molecular complexity index is 733. The number of carbonyl (C=O) groups is 1. The third kappa shape index (κ3) is 4.56. The molecule has 3 aliphatic heterocycles. The number of pyridine rings is 1. The SMILES string of the molecule is N#Cc1cccnc1N1CCC([C@H]2CCCCCN2C(=O)C2CCOCC2)CC1. The van der Waals surface area contributed by atoms with Crippen LogP contribution in [0.1, 0.15) is 56.9 Å². The van der Waals surface area contributed by atoms with Crippen LogP contribution in [0.15, 0.2) is 18.3 Å². The Morgan fingerprint density at radius 3 is 2.62 bits per heavy atom. The lowest BCUT2D eigenvalue weighted by molar-refractivity contribution is -0.142. The largest absolute Gasteiger partial charge is 0.381 e. The van der Waals surface area contributed by atoms with Crippen molar-refractivity contribution in [3.63, 3.8) is 0 Å². The molecule has 0 saturated carbocycles. The lowest BCUT2D eigenvalue weighted by Crippen LogP contribution is -2.50. The van der Waals surface area contributed by atoms with E-state index in [9.17, 15) is 10.1 Å². The summed E-state index contributed by atoms with van der Waals surface area (Å²) in [5.41, 5.74) is 0.650. The molecule has 0 unspecified atom stereocenters. The van der Waals surface area contributed by atoms with E-state index in [1.54, 1.807) is 6.20 Å². The standard InChI is InChI=1S/C23H32N4O2/c24-17-20-5-4-11-25-22(20)26-13-7-18(8-14-26)21-6-2-1-3-12-27(21)23(28)19-9-15-29-16-10-19/h4-5,11,18-19,21H,1-3,6-10,12-16H2/t21-/m1/s1. The molecule has 1 amide bonds. The van der Waals surface area contributed by atoms with Crippen LogP contribution in [0.4, 0.5) is 5.82 Å². The zero-order valence-electron chi connectivity index (χ0n) is 17.3. The van der Waals surface area contributed by atoms with Gasteiger partial charge in [-0.2, -0.15) is 5.26 Å². The summed E-state index contributed by atoms with van der Waals surface area (Å²) in [6.45, 7) is 4.18. The van der Waals surface area contributed by atoms with Gasteiger partial charge in [-0.3, -0.25) is 4.79 Å². The second-order valence-corrected chi connectivity index (χ2v) is 8.65. The quantitative estimate of drug-likeness (QED) is 0.783. The van der Waals surface area contributed by atoms with Crippen molar-refractivity contribution in [2.45, 2.75) is 57.4 Å². The van der Waals surface area contributed by atoms with Gasteiger partial charge in [-0.05, 0) is 56.6 Å². The highest BCUT2D eigenvalue weighted by atomic mass is 16.5. The van der Waals surface area contributed by atoms with E-state index in [0.717, 1.165) is 77.2 Å². The normalized spacial score (nSPS) is 24.7. The van der Waals surface area contributed by atoms with Crippen molar-refractivity contribution in [2.24, 2.45) is 11.8 Å². The molecule has 156 valence electrons. The van der Waals surface area contributed by atoms with Crippen LogP contribution in [0, 0.1) is 23.2 Å². The number of ether oxygens (including phenoxy) is 1. The van der Waals surface area contributed by atoms with Gasteiger partial charge in [0.2, 0.25) is 5.91 Å². The zero-order chi connectivity index (χ0) is 20.1. The molecule has 4 heterocycles. The van der Waals surface area contributed by atoms with Gasteiger partial charge in [0.25, 0.3) is 0 Å². The lowest BCUT2D eigenvalue weighted by atomic mass is 9.85. The Hall–Kier alpha value is -2.13. The van der Waals surface area contributed by atoms with E-state index in [1.807, 2.05) is 12.1 Å². The maximum absolute atomic E-state index is 13.3. The smallest absolute Gasteiger partial charge is 0.226 e. The third-order valence-corrected chi connectivity index (χ3v) is 6.94. The highest BCUT2D eigenvalue weighted by molar-refractivity contribution is 5.79. The molecule has 0 aromatic carbocycles. The molecule has 4 rings (SSSR count). The third-order valence-electron chi connectivity index (χ3n) is 6.94. The molecule has 0 radical (unpaired) electrons. The fraction of sp³-hybridized carbons (Fsp3) is 0.696. The van der Waals surface area contributed by atoms with Gasteiger partial charge in [0, 0.05) is 51.0 Å². The molecule has 0 aliphatic carbocycles. The van der Waals surface area contributed by atoms with Gasteiger partial charge < -0.3 is 14.5 Å². The molecule has 0 spiro atoms. The van der Waals surface area contributed by atoms with Crippen molar-refractivity contribution in [1.82, 2.24) is 9.88 Å². The summed E-state index contributed by atoms with van der Waals surface area (Å²) in [6, 6.07) is 6.30. The van der Waals surface area contributed by atoms with E-state index in [2.05, 4.69) is 20.9 Å². The number of hydrogen-bond acceptors (Lipinski definition) is 5. The van der Waals surface area contributed by atoms with Crippen molar-refractivity contribution in [3.8, 4) is 6.07 Å². The number of likely N-dealkylation sites (tertiary alicyclic amines) is 1. The van der Waals surface area contributed by atoms with E-state index in [0.29, 0.717) is 23.4 Å². The van der Waals surface area contributed by atoms with Gasteiger partial charge in [0.15, 0.2) is 0 Å². The second-order valence-electron chi connectivity index (χ2n) is 8.65. The Labute approximate surface area is 173 Å². The Morgan fingerprint density at radius 2 is 1.86 bits per heavy atom. The topological polar surface area (TPSA) is 69.5 Å². The molecule has 1 atom stereocenters. The summed E-state index contributed by atoms with van der Waals surface area (Å²) in [6.07, 6.45) is 10.3. The molecule has 3 fully saturated rings. The van der Waals surface area contributed by atoms with Crippen LogP contribution < -0.4 is 4.90 Å². The minimum atomic E-state index is 0.149. The summed E-state index contributed by atoms with van der Waals surface area (Å²) >= 11 is 0. The summed E-state index contributed by atoms with van der Waals surface area (Å²) in [7, 11) is 0. The van der Waals surface area contributed by atoms with Crippen LogP contribution >= 0.6 is 0 Å². The molecule has 29 heavy (non-hydrogen) atoms. The van der Waals surface area contributed by atoms with E-state index in [1.165, 1.54) is 12.8 Å². The van der Waals surface area contributed by atoms with Crippen LogP contribution in [0.5, 0.6) is 0 Å². The van der Waals surface area contributed by atoms with E-state index in [-0.39, 0.29) is 5.92 Å². The number of rotatable bonds is 3. The average Bonchev–Trinajstić information content (AvgIpc) is 3.05. The van der Waals surface area contributed by atoms with Crippen LogP contribution in [-0.4, -0.2) is 54.7 Å². The van der Waals surface area contributed by atoms with Gasteiger partial charge in [0.1, 0.15) is 11.9 Å². The highest BCUT2D eigenvalue weighted by Crippen LogP contribution is 2.33. The summed E-state index contributed by atoms with van der Waals surface area (Å²) in [5, 5.41) is 9.39. The molecule has 3 saturated heterocycles. The number of hydrogen-bond donors (Lipinski definition) is 0. The summed E-state index contributed by atoms with van der Waals surface area (Å²) < 4.78 is 5.47. The van der Waals surface area contributed by atoms with Crippen molar-refractivity contribution in [2.75, 3.05) is 37.7 Å². The Kier molecular flexibility index (Phi) is 6.66. The Morgan fingerprint density at radius 1 is 1.07 bits per heavy atom. The first-order valence-corrected chi connectivity index (χ1v) is 11.3. The first-order valence-electron chi connectivity index (χ1n) is 11.3. The predicted octanol–water partition coefficient (Wildman–Crippen LogP) is 3.37. The molecular formula is C23H32N4O2. The Balaban J connectivity index is 1.43. The number of nitrogens with zero attached hydrogens (tertiary/aromatic N) is 4. The van der Waals surface area contributed by atoms with Gasteiger partial charge in [-0.1, -0.05) is 12.8 Å². The fourth-order valence-corrected chi connectivity index (χ4v) is 5.31. The molecule has 6 heteroatoms. The van der Waals surface area contributed by atoms with E-state index >= 15 is 0 Å². The average molecular weight is 397 g/mol. The molecule has 1 aromatic rings. The van der Waals surface area contributed by atoms with Crippen molar-refractivity contribution < 1.29 is 9.53 Å². The number of piperidine rings is 1. The van der Waals surface area contributed by atoms with Crippen LogP contribution in [0.3, 0.4) is 0 Å². The highest BCUT2D eigenvalue weighted by Gasteiger charge is 2.37. The summed E-state index contributed by atoms with van der Waals surface area (Å²) in [4.78, 5) is 22.3. The van der Waals surface area contributed by atoms with Gasteiger partial charge >= 0.3 is 0 Å². The fourth-order valence-electron chi connectivity index (χ4n) is 5.31. The maximum Gasteiger partial charge on any atom is 0.226 e. The molecule has 0 bridgehead atoms. The van der Waals surface area contributed by atoms with Crippen molar-refractivity contribution in [3.05, 3.63) is 23.9 Å². The number of anilines is 1. The first-order chi connectivity index (χ1) is 14.3. The van der Waals surface area contributed by atoms with Crippen LogP contribution in [0.2, 0.25) is 0 Å². The summed E-state index contributed by atoms with van der Waals surface area (Å²) in [5.74, 6) is 1.88. The molecule has 6 nitrogen and oxygen atoms in total.